The molecule has 3 rings (SSSR count). The van der Waals surface area contributed by atoms with Gasteiger partial charge in [0.1, 0.15) is 5.82 Å². The highest BCUT2D eigenvalue weighted by Crippen LogP contribution is 2.18. The molecule has 0 saturated carbocycles. The summed E-state index contributed by atoms with van der Waals surface area (Å²) in [5.41, 5.74) is 3.33. The second-order valence-corrected chi connectivity index (χ2v) is 4.97. The molecule has 4 nitrogen and oxygen atoms in total. The summed E-state index contributed by atoms with van der Waals surface area (Å²) in [4.78, 5) is 21.9. The van der Waals surface area contributed by atoms with Gasteiger partial charge in [0.2, 0.25) is 0 Å². The number of aromatic nitrogens is 2. The summed E-state index contributed by atoms with van der Waals surface area (Å²) in [6, 6.07) is 15.2. The maximum absolute atomic E-state index is 12.6. The van der Waals surface area contributed by atoms with Crippen LogP contribution in [-0.2, 0) is 6.42 Å². The summed E-state index contributed by atoms with van der Waals surface area (Å²) >= 11 is 0. The molecule has 0 saturated heterocycles. The van der Waals surface area contributed by atoms with Crippen LogP contribution in [0.4, 0.5) is 5.69 Å². The number of benzene rings is 2. The van der Waals surface area contributed by atoms with Crippen molar-refractivity contribution in [2.75, 3.05) is 11.9 Å². The Hall–Kier alpha value is -2.62. The van der Waals surface area contributed by atoms with Gasteiger partial charge < -0.3 is 9.88 Å². The third-order valence-electron chi connectivity index (χ3n) is 3.56. The van der Waals surface area contributed by atoms with Crippen molar-refractivity contribution in [3.05, 3.63) is 59.9 Å². The van der Waals surface area contributed by atoms with E-state index < -0.39 is 0 Å². The van der Waals surface area contributed by atoms with Crippen molar-refractivity contribution in [1.29, 1.82) is 0 Å². The first-order valence-corrected chi connectivity index (χ1v) is 7.01. The van der Waals surface area contributed by atoms with Gasteiger partial charge in [0.05, 0.1) is 11.0 Å². The Balaban J connectivity index is 1.94. The summed E-state index contributed by atoms with van der Waals surface area (Å²) in [5.74, 6) is 0.904. The molecule has 1 aromatic heterocycles. The molecule has 0 aliphatic heterocycles. The fourth-order valence-electron chi connectivity index (χ4n) is 2.33. The number of H-pyrrole nitrogens is 1. The van der Waals surface area contributed by atoms with Crippen LogP contribution >= 0.6 is 0 Å². The lowest BCUT2D eigenvalue weighted by atomic mass is 10.1. The molecule has 1 amide bonds. The highest BCUT2D eigenvalue weighted by Gasteiger charge is 2.14. The van der Waals surface area contributed by atoms with E-state index in [0.717, 1.165) is 29.0 Å². The SMILES string of the molecule is CCc1nc2ccc(C(=O)N(C)c3ccccc3)cc2[nH]1. The van der Waals surface area contributed by atoms with Crippen LogP contribution in [0.2, 0.25) is 0 Å². The molecule has 0 spiro atoms. The fraction of sp³-hybridized carbons (Fsp3) is 0.176. The van der Waals surface area contributed by atoms with E-state index >= 15 is 0 Å². The number of carbonyl (C=O) groups is 1. The molecule has 0 radical (unpaired) electrons. The number of para-hydroxylation sites is 1. The van der Waals surface area contributed by atoms with Gasteiger partial charge in [-0.2, -0.15) is 0 Å². The van der Waals surface area contributed by atoms with Crippen molar-refractivity contribution in [2.24, 2.45) is 0 Å². The molecular formula is C17H17N3O. The molecule has 0 fully saturated rings. The molecule has 4 heteroatoms. The number of amides is 1. The number of carbonyl (C=O) groups excluding carboxylic acids is 1. The maximum atomic E-state index is 12.6. The van der Waals surface area contributed by atoms with E-state index in [9.17, 15) is 4.79 Å². The number of rotatable bonds is 3. The number of hydrogen-bond donors (Lipinski definition) is 1. The summed E-state index contributed by atoms with van der Waals surface area (Å²) in [5, 5.41) is 0. The number of anilines is 1. The minimum absolute atomic E-state index is 0.0317. The molecule has 106 valence electrons. The molecule has 1 heterocycles. The Labute approximate surface area is 123 Å². The minimum Gasteiger partial charge on any atom is -0.342 e. The standard InChI is InChI=1S/C17H17N3O/c1-3-16-18-14-10-9-12(11-15(14)19-16)17(21)20(2)13-7-5-4-6-8-13/h4-11H,3H2,1-2H3,(H,18,19). The molecule has 0 aliphatic rings. The first kappa shape index (κ1) is 13.4. The maximum Gasteiger partial charge on any atom is 0.258 e. The second kappa shape index (κ2) is 5.40. The van der Waals surface area contributed by atoms with Crippen molar-refractivity contribution >= 4 is 22.6 Å². The zero-order valence-corrected chi connectivity index (χ0v) is 12.1. The lowest BCUT2D eigenvalue weighted by Gasteiger charge is -2.17. The van der Waals surface area contributed by atoms with E-state index in [1.54, 1.807) is 11.9 Å². The highest BCUT2D eigenvalue weighted by atomic mass is 16.2. The molecule has 0 atom stereocenters. The van der Waals surface area contributed by atoms with Gasteiger partial charge >= 0.3 is 0 Å². The first-order chi connectivity index (χ1) is 10.2. The molecular weight excluding hydrogens is 262 g/mol. The topological polar surface area (TPSA) is 49.0 Å². The normalized spacial score (nSPS) is 10.8. The number of imidazole rings is 1. The third-order valence-corrected chi connectivity index (χ3v) is 3.56. The molecule has 0 bridgehead atoms. The van der Waals surface area contributed by atoms with Gasteiger partial charge in [-0.15, -0.1) is 0 Å². The van der Waals surface area contributed by atoms with Crippen LogP contribution in [0.5, 0.6) is 0 Å². The molecule has 21 heavy (non-hydrogen) atoms. The van der Waals surface area contributed by atoms with Crippen LogP contribution in [0.15, 0.2) is 48.5 Å². The van der Waals surface area contributed by atoms with Crippen molar-refractivity contribution < 1.29 is 4.79 Å². The highest BCUT2D eigenvalue weighted by molar-refractivity contribution is 6.07. The summed E-state index contributed by atoms with van der Waals surface area (Å²) in [6.07, 6.45) is 0.849. The Morgan fingerprint density at radius 3 is 2.67 bits per heavy atom. The minimum atomic E-state index is -0.0317. The number of hydrogen-bond acceptors (Lipinski definition) is 2. The van der Waals surface area contributed by atoms with Crippen molar-refractivity contribution in [1.82, 2.24) is 9.97 Å². The van der Waals surface area contributed by atoms with Gasteiger partial charge in [0, 0.05) is 24.7 Å². The zero-order chi connectivity index (χ0) is 14.8. The van der Waals surface area contributed by atoms with Gasteiger partial charge in [0.25, 0.3) is 5.91 Å². The molecule has 1 N–H and O–H groups in total. The van der Waals surface area contributed by atoms with Gasteiger partial charge in [-0.1, -0.05) is 25.1 Å². The van der Waals surface area contributed by atoms with E-state index in [1.807, 2.05) is 55.5 Å². The quantitative estimate of drug-likeness (QED) is 0.798. The van der Waals surface area contributed by atoms with Gasteiger partial charge in [-0.05, 0) is 30.3 Å². The average Bonchev–Trinajstić information content (AvgIpc) is 2.96. The number of nitrogens with one attached hydrogen (secondary N) is 1. The summed E-state index contributed by atoms with van der Waals surface area (Å²) in [6.45, 7) is 2.05. The Bertz CT molecular complexity index is 777. The molecule has 2 aromatic carbocycles. The van der Waals surface area contributed by atoms with E-state index in [0.29, 0.717) is 5.56 Å². The largest absolute Gasteiger partial charge is 0.342 e. The summed E-state index contributed by atoms with van der Waals surface area (Å²) < 4.78 is 0. The van der Waals surface area contributed by atoms with Gasteiger partial charge in [0.15, 0.2) is 0 Å². The molecule has 0 unspecified atom stereocenters. The first-order valence-electron chi connectivity index (χ1n) is 7.01. The van der Waals surface area contributed by atoms with Crippen LogP contribution in [0.25, 0.3) is 11.0 Å². The molecule has 0 aliphatic carbocycles. The van der Waals surface area contributed by atoms with E-state index in [2.05, 4.69) is 9.97 Å². The predicted octanol–water partition coefficient (Wildman–Crippen LogP) is 3.40. The van der Waals surface area contributed by atoms with E-state index in [4.69, 9.17) is 0 Å². The number of aromatic amines is 1. The third kappa shape index (κ3) is 2.52. The lowest BCUT2D eigenvalue weighted by Crippen LogP contribution is -2.26. The Morgan fingerprint density at radius 1 is 1.19 bits per heavy atom. The number of nitrogens with zero attached hydrogens (tertiary/aromatic N) is 2. The number of aryl methyl sites for hydroxylation is 1. The van der Waals surface area contributed by atoms with Gasteiger partial charge in [-0.25, -0.2) is 4.98 Å². The predicted molar refractivity (Wildman–Crippen MR) is 84.6 cm³/mol. The van der Waals surface area contributed by atoms with E-state index in [1.165, 1.54) is 0 Å². The van der Waals surface area contributed by atoms with Crippen molar-refractivity contribution in [3.8, 4) is 0 Å². The number of fused-ring (bicyclic) bond motifs is 1. The van der Waals surface area contributed by atoms with Crippen LogP contribution in [0, 0.1) is 0 Å². The average molecular weight is 279 g/mol. The van der Waals surface area contributed by atoms with Crippen LogP contribution in [0.1, 0.15) is 23.1 Å². The summed E-state index contributed by atoms with van der Waals surface area (Å²) in [7, 11) is 1.78. The molecule has 3 aromatic rings. The monoisotopic (exact) mass is 279 g/mol. The fourth-order valence-corrected chi connectivity index (χ4v) is 2.33. The Morgan fingerprint density at radius 2 is 1.95 bits per heavy atom. The van der Waals surface area contributed by atoms with E-state index in [-0.39, 0.29) is 5.91 Å². The Kier molecular flexibility index (Phi) is 3.44. The van der Waals surface area contributed by atoms with Crippen molar-refractivity contribution in [2.45, 2.75) is 13.3 Å². The smallest absolute Gasteiger partial charge is 0.258 e. The van der Waals surface area contributed by atoms with Crippen LogP contribution in [0.3, 0.4) is 0 Å². The zero-order valence-electron chi connectivity index (χ0n) is 12.1. The lowest BCUT2D eigenvalue weighted by molar-refractivity contribution is 0.0993. The van der Waals surface area contributed by atoms with Crippen LogP contribution in [-0.4, -0.2) is 22.9 Å². The van der Waals surface area contributed by atoms with Crippen molar-refractivity contribution in [3.63, 3.8) is 0 Å². The van der Waals surface area contributed by atoms with Gasteiger partial charge in [-0.3, -0.25) is 4.79 Å². The van der Waals surface area contributed by atoms with Crippen LogP contribution < -0.4 is 4.90 Å². The second-order valence-electron chi connectivity index (χ2n) is 4.97.